The summed E-state index contributed by atoms with van der Waals surface area (Å²) in [5, 5.41) is 8.92. The molecule has 3 rings (SSSR count). The molecule has 0 aliphatic rings. The average Bonchev–Trinajstić information content (AvgIpc) is 2.96. The van der Waals surface area contributed by atoms with Gasteiger partial charge in [-0.1, -0.05) is 5.16 Å². The van der Waals surface area contributed by atoms with Crippen LogP contribution in [-0.2, 0) is 6.54 Å². The Morgan fingerprint density at radius 1 is 1.47 bits per heavy atom. The Morgan fingerprint density at radius 2 is 2.41 bits per heavy atom. The lowest BCUT2D eigenvalue weighted by Gasteiger charge is -1.93. The maximum atomic E-state index is 5.11. The molecular weight excluding hydrogens is 236 g/mol. The summed E-state index contributed by atoms with van der Waals surface area (Å²) in [6, 6.07) is 4.02. The van der Waals surface area contributed by atoms with Crippen molar-refractivity contribution in [3.05, 3.63) is 29.6 Å². The van der Waals surface area contributed by atoms with E-state index in [1.54, 1.807) is 17.5 Å². The molecule has 86 valence electrons. The zero-order chi connectivity index (χ0) is 11.7. The van der Waals surface area contributed by atoms with Crippen LogP contribution in [-0.4, -0.2) is 22.2 Å². The summed E-state index contributed by atoms with van der Waals surface area (Å²) in [6.45, 7) is 0.571. The average molecular weight is 246 g/mol. The van der Waals surface area contributed by atoms with Crippen LogP contribution in [0.5, 0.6) is 0 Å². The minimum Gasteiger partial charge on any atom is -0.338 e. The summed E-state index contributed by atoms with van der Waals surface area (Å²) in [5.41, 5.74) is 1.88. The monoisotopic (exact) mass is 246 g/mol. The number of nitrogens with zero attached hydrogens (tertiary/aromatic N) is 3. The number of pyridine rings is 1. The first kappa shape index (κ1) is 10.4. The van der Waals surface area contributed by atoms with Crippen molar-refractivity contribution in [2.24, 2.45) is 0 Å². The molecule has 3 heterocycles. The summed E-state index contributed by atoms with van der Waals surface area (Å²) in [4.78, 5) is 8.63. The third-order valence-electron chi connectivity index (χ3n) is 2.36. The largest absolute Gasteiger partial charge is 0.338 e. The number of fused-ring (bicyclic) bond motifs is 1. The Balaban J connectivity index is 2.00. The van der Waals surface area contributed by atoms with Crippen molar-refractivity contribution >= 4 is 21.6 Å². The van der Waals surface area contributed by atoms with Gasteiger partial charge in [0.05, 0.1) is 16.8 Å². The van der Waals surface area contributed by atoms with Gasteiger partial charge in [-0.2, -0.15) is 4.98 Å². The molecule has 0 radical (unpaired) electrons. The first-order chi connectivity index (χ1) is 8.36. The molecule has 0 amide bonds. The lowest BCUT2D eigenvalue weighted by atomic mass is 10.2. The number of hydrogen-bond acceptors (Lipinski definition) is 6. The fraction of sp³-hybridized carbons (Fsp3) is 0.182. The molecule has 0 saturated carbocycles. The molecule has 0 unspecified atom stereocenters. The van der Waals surface area contributed by atoms with Crippen molar-refractivity contribution in [1.82, 2.24) is 20.4 Å². The van der Waals surface area contributed by atoms with Crippen LogP contribution in [0, 0.1) is 0 Å². The molecule has 0 aliphatic heterocycles. The third-order valence-corrected chi connectivity index (χ3v) is 3.21. The summed E-state index contributed by atoms with van der Waals surface area (Å²) < 4.78 is 6.23. The maximum absolute atomic E-state index is 5.11. The van der Waals surface area contributed by atoms with Crippen LogP contribution in [0.15, 0.2) is 28.2 Å². The van der Waals surface area contributed by atoms with E-state index in [4.69, 9.17) is 4.52 Å². The smallest absolute Gasteiger partial charge is 0.240 e. The molecular formula is C11H10N4OS. The van der Waals surface area contributed by atoms with E-state index in [0.29, 0.717) is 18.3 Å². The minimum absolute atomic E-state index is 0.571. The molecule has 17 heavy (non-hydrogen) atoms. The quantitative estimate of drug-likeness (QED) is 0.766. The molecule has 0 bridgehead atoms. The predicted molar refractivity (Wildman–Crippen MR) is 65.7 cm³/mol. The Morgan fingerprint density at radius 3 is 3.29 bits per heavy atom. The van der Waals surface area contributed by atoms with Crippen LogP contribution in [0.2, 0.25) is 0 Å². The number of aromatic nitrogens is 3. The molecule has 1 N–H and O–H groups in total. The van der Waals surface area contributed by atoms with Gasteiger partial charge >= 0.3 is 0 Å². The van der Waals surface area contributed by atoms with Gasteiger partial charge in [-0.3, -0.25) is 4.98 Å². The van der Waals surface area contributed by atoms with E-state index in [-0.39, 0.29) is 0 Å². The Labute approximate surface area is 101 Å². The molecule has 0 saturated heterocycles. The van der Waals surface area contributed by atoms with Gasteiger partial charge in [-0.15, -0.1) is 11.3 Å². The zero-order valence-electron chi connectivity index (χ0n) is 9.17. The summed E-state index contributed by atoms with van der Waals surface area (Å²) in [5.74, 6) is 1.16. The van der Waals surface area contributed by atoms with Crippen molar-refractivity contribution < 1.29 is 4.52 Å². The van der Waals surface area contributed by atoms with E-state index in [9.17, 15) is 0 Å². The Hall–Kier alpha value is -1.79. The van der Waals surface area contributed by atoms with Crippen LogP contribution < -0.4 is 5.32 Å². The van der Waals surface area contributed by atoms with E-state index in [2.05, 4.69) is 20.4 Å². The fourth-order valence-electron chi connectivity index (χ4n) is 1.56. The molecule has 5 nitrogen and oxygen atoms in total. The van der Waals surface area contributed by atoms with Gasteiger partial charge in [0, 0.05) is 11.8 Å². The summed E-state index contributed by atoms with van der Waals surface area (Å²) in [7, 11) is 1.84. The van der Waals surface area contributed by atoms with E-state index in [0.717, 1.165) is 15.8 Å². The van der Waals surface area contributed by atoms with Gasteiger partial charge in [0.2, 0.25) is 11.7 Å². The minimum atomic E-state index is 0.571. The molecule has 0 spiro atoms. The second-order valence-corrected chi connectivity index (χ2v) is 4.52. The second-order valence-electron chi connectivity index (χ2n) is 3.57. The van der Waals surface area contributed by atoms with Gasteiger partial charge in [-0.05, 0) is 24.6 Å². The molecule has 0 atom stereocenters. The highest BCUT2D eigenvalue weighted by Crippen LogP contribution is 2.24. The zero-order valence-corrected chi connectivity index (χ0v) is 9.99. The van der Waals surface area contributed by atoms with Gasteiger partial charge in [-0.25, -0.2) is 0 Å². The van der Waals surface area contributed by atoms with Gasteiger partial charge < -0.3 is 9.84 Å². The molecule has 3 aromatic heterocycles. The standard InChI is InChI=1S/C11H10N4OS/c1-12-6-10-14-11(15-16-10)7-4-9-8(13-5-7)2-3-17-9/h2-5,12H,6H2,1H3. The highest BCUT2D eigenvalue weighted by Gasteiger charge is 2.09. The number of hydrogen-bond donors (Lipinski definition) is 1. The molecule has 0 aromatic carbocycles. The first-order valence-electron chi connectivity index (χ1n) is 5.17. The number of thiophene rings is 1. The van der Waals surface area contributed by atoms with Gasteiger partial charge in [0.15, 0.2) is 0 Å². The molecule has 0 fully saturated rings. The van der Waals surface area contributed by atoms with Crippen molar-refractivity contribution in [3.8, 4) is 11.4 Å². The number of nitrogens with one attached hydrogen (secondary N) is 1. The van der Waals surface area contributed by atoms with Crippen molar-refractivity contribution in [1.29, 1.82) is 0 Å². The maximum Gasteiger partial charge on any atom is 0.240 e. The molecule has 3 aromatic rings. The molecule has 6 heteroatoms. The van der Waals surface area contributed by atoms with Crippen molar-refractivity contribution in [2.75, 3.05) is 7.05 Å². The lowest BCUT2D eigenvalue weighted by Crippen LogP contribution is -2.04. The lowest BCUT2D eigenvalue weighted by molar-refractivity contribution is 0.372. The highest BCUT2D eigenvalue weighted by atomic mass is 32.1. The van der Waals surface area contributed by atoms with Crippen LogP contribution in [0.4, 0.5) is 0 Å². The van der Waals surface area contributed by atoms with E-state index in [1.807, 2.05) is 24.6 Å². The van der Waals surface area contributed by atoms with Crippen LogP contribution in [0.3, 0.4) is 0 Å². The normalized spacial score (nSPS) is 11.1. The fourth-order valence-corrected chi connectivity index (χ4v) is 2.34. The highest BCUT2D eigenvalue weighted by molar-refractivity contribution is 7.17. The predicted octanol–water partition coefficient (Wildman–Crippen LogP) is 2.07. The second kappa shape index (κ2) is 4.23. The van der Waals surface area contributed by atoms with E-state index >= 15 is 0 Å². The van der Waals surface area contributed by atoms with Crippen LogP contribution in [0.25, 0.3) is 21.6 Å². The summed E-state index contributed by atoms with van der Waals surface area (Å²) in [6.07, 6.45) is 1.77. The SMILES string of the molecule is CNCc1nc(-c2cnc3ccsc3c2)no1. The Bertz CT molecular complexity index is 646. The van der Waals surface area contributed by atoms with E-state index in [1.165, 1.54) is 0 Å². The van der Waals surface area contributed by atoms with Crippen molar-refractivity contribution in [3.63, 3.8) is 0 Å². The van der Waals surface area contributed by atoms with Gasteiger partial charge in [0.25, 0.3) is 0 Å². The van der Waals surface area contributed by atoms with Gasteiger partial charge in [0.1, 0.15) is 0 Å². The topological polar surface area (TPSA) is 63.8 Å². The summed E-state index contributed by atoms with van der Waals surface area (Å²) >= 11 is 1.65. The van der Waals surface area contributed by atoms with Crippen LogP contribution in [0.1, 0.15) is 5.89 Å². The first-order valence-corrected chi connectivity index (χ1v) is 6.05. The van der Waals surface area contributed by atoms with Crippen LogP contribution >= 0.6 is 11.3 Å². The Kier molecular flexibility index (Phi) is 2.58. The van der Waals surface area contributed by atoms with Crippen molar-refractivity contribution in [2.45, 2.75) is 6.54 Å². The number of rotatable bonds is 3. The third kappa shape index (κ3) is 1.92. The van der Waals surface area contributed by atoms with E-state index < -0.39 is 0 Å². The molecule has 0 aliphatic carbocycles.